The molecule has 36 heavy (non-hydrogen) atoms. The molecule has 1 aromatic carbocycles. The maximum Gasteiger partial charge on any atom is 0.252 e. The second kappa shape index (κ2) is 9.76. The number of likely N-dealkylation sites (N-methyl/N-ethyl adjacent to an activating group) is 1. The molecule has 2 saturated heterocycles. The van der Waals surface area contributed by atoms with Crippen molar-refractivity contribution >= 4 is 22.9 Å². The van der Waals surface area contributed by atoms with Crippen LogP contribution in [0.1, 0.15) is 50.8 Å². The van der Waals surface area contributed by atoms with Gasteiger partial charge in [0.15, 0.2) is 35.1 Å². The van der Waals surface area contributed by atoms with Crippen molar-refractivity contribution in [2.45, 2.75) is 75.8 Å². The van der Waals surface area contributed by atoms with E-state index in [4.69, 9.17) is 14.2 Å². The van der Waals surface area contributed by atoms with Crippen LogP contribution >= 0.6 is 0 Å². The maximum absolute atomic E-state index is 12.9. The van der Waals surface area contributed by atoms with E-state index in [0.29, 0.717) is 30.1 Å². The average molecular weight is 493 g/mol. The van der Waals surface area contributed by atoms with Crippen LogP contribution in [0.3, 0.4) is 0 Å². The quantitative estimate of drug-likeness (QED) is 0.518. The van der Waals surface area contributed by atoms with Crippen molar-refractivity contribution in [3.05, 3.63) is 48.5 Å². The topological polar surface area (TPSA) is 112 Å². The molecular formula is C26H32N6O4. The predicted molar refractivity (Wildman–Crippen MR) is 132 cm³/mol. The fraction of sp³-hybridized carbons (Fsp3) is 0.538. The van der Waals surface area contributed by atoms with Crippen LogP contribution in [-0.4, -0.2) is 62.6 Å². The Hall–Kier alpha value is -3.08. The molecule has 1 aliphatic carbocycles. The Morgan fingerprint density at radius 2 is 1.89 bits per heavy atom. The van der Waals surface area contributed by atoms with Gasteiger partial charge in [-0.15, -0.1) is 0 Å². The van der Waals surface area contributed by atoms with Crippen LogP contribution in [0.4, 0.5) is 5.82 Å². The fourth-order valence-electron chi connectivity index (χ4n) is 5.59. The van der Waals surface area contributed by atoms with Gasteiger partial charge in [-0.1, -0.05) is 36.8 Å². The van der Waals surface area contributed by atoms with Crippen molar-refractivity contribution < 1.29 is 19.0 Å². The predicted octanol–water partition coefficient (Wildman–Crippen LogP) is 2.96. The molecule has 0 bridgehead atoms. The van der Waals surface area contributed by atoms with Crippen molar-refractivity contribution in [2.24, 2.45) is 0 Å². The van der Waals surface area contributed by atoms with E-state index in [9.17, 15) is 4.79 Å². The standard InChI is InChI=1S/C26H32N6O4/c1-2-27-24(33)20-19-21(36-26(35-19)12-7-4-8-13-26)25(34-20)32-16-31-18-22(29-15-30-23(18)32)28-14-11-17-9-5-3-6-10-17/h3,5-6,9-10,15-16,19-21,25H,2,4,7-8,11-14H2,1H3,(H,27,33)(H,28,29,30)/t19?,20-,21?,25+/m0/s1. The molecule has 2 aromatic heterocycles. The van der Waals surface area contributed by atoms with Crippen LogP contribution in [0, 0.1) is 0 Å². The van der Waals surface area contributed by atoms with Crippen LogP contribution in [0.5, 0.6) is 0 Å². The smallest absolute Gasteiger partial charge is 0.252 e. The number of carbonyl (C=O) groups is 1. The summed E-state index contributed by atoms with van der Waals surface area (Å²) in [6.45, 7) is 3.13. The number of hydrogen-bond acceptors (Lipinski definition) is 8. The molecule has 4 atom stereocenters. The van der Waals surface area contributed by atoms with Crippen molar-refractivity contribution in [3.8, 4) is 0 Å². The van der Waals surface area contributed by atoms with Gasteiger partial charge in [-0.25, -0.2) is 15.0 Å². The number of nitrogens with zero attached hydrogens (tertiary/aromatic N) is 4. The van der Waals surface area contributed by atoms with Crippen LogP contribution in [-0.2, 0) is 25.4 Å². The normalized spacial score (nSPS) is 26.8. The van der Waals surface area contributed by atoms with E-state index in [-0.39, 0.29) is 5.91 Å². The Morgan fingerprint density at radius 1 is 1.08 bits per heavy atom. The Balaban J connectivity index is 1.26. The van der Waals surface area contributed by atoms with E-state index in [1.807, 2.05) is 29.7 Å². The zero-order valence-electron chi connectivity index (χ0n) is 20.4. The lowest BCUT2D eigenvalue weighted by Crippen LogP contribution is -2.43. The summed E-state index contributed by atoms with van der Waals surface area (Å²) in [4.78, 5) is 26.4. The SMILES string of the molecule is CCNC(=O)[C@H]1O[C@@H](n2cnc3c(NCCc4ccccc4)ncnc32)C2OC3(CCCCC3)OC21. The van der Waals surface area contributed by atoms with E-state index in [1.165, 1.54) is 18.3 Å². The molecule has 10 nitrogen and oxygen atoms in total. The average Bonchev–Trinajstić information content (AvgIpc) is 3.57. The Kier molecular flexibility index (Phi) is 6.32. The minimum atomic E-state index is -0.760. The number of fused-ring (bicyclic) bond motifs is 2. The third-order valence-electron chi connectivity index (χ3n) is 7.30. The number of nitrogens with one attached hydrogen (secondary N) is 2. The van der Waals surface area contributed by atoms with Gasteiger partial charge in [-0.05, 0) is 31.7 Å². The largest absolute Gasteiger partial charge is 0.368 e. The first-order valence-electron chi connectivity index (χ1n) is 12.9. The molecule has 190 valence electrons. The molecule has 3 aliphatic rings. The summed E-state index contributed by atoms with van der Waals surface area (Å²) >= 11 is 0. The van der Waals surface area contributed by atoms with Crippen LogP contribution in [0.15, 0.2) is 43.0 Å². The molecule has 10 heteroatoms. The van der Waals surface area contributed by atoms with Crippen molar-refractivity contribution in [2.75, 3.05) is 18.4 Å². The highest BCUT2D eigenvalue weighted by molar-refractivity contribution is 5.83. The fourth-order valence-corrected chi connectivity index (χ4v) is 5.59. The van der Waals surface area contributed by atoms with Crippen LogP contribution in [0.25, 0.3) is 11.2 Å². The highest BCUT2D eigenvalue weighted by atomic mass is 16.8. The van der Waals surface area contributed by atoms with Gasteiger partial charge < -0.3 is 24.8 Å². The van der Waals surface area contributed by atoms with E-state index in [0.717, 1.165) is 32.1 Å². The molecule has 2 unspecified atom stereocenters. The molecule has 6 rings (SSSR count). The van der Waals surface area contributed by atoms with E-state index in [1.54, 1.807) is 6.33 Å². The molecule has 4 heterocycles. The minimum Gasteiger partial charge on any atom is -0.368 e. The molecule has 0 radical (unpaired) electrons. The Morgan fingerprint density at radius 3 is 2.69 bits per heavy atom. The maximum atomic E-state index is 12.9. The number of amides is 1. The Labute approximate surface area is 209 Å². The molecule has 1 saturated carbocycles. The molecule has 2 N–H and O–H groups in total. The van der Waals surface area contributed by atoms with E-state index in [2.05, 4.69) is 37.7 Å². The number of rotatable bonds is 7. The van der Waals surface area contributed by atoms with Gasteiger partial charge in [-0.3, -0.25) is 9.36 Å². The summed E-state index contributed by atoms with van der Waals surface area (Å²) in [5, 5.41) is 6.27. The second-order valence-electron chi connectivity index (χ2n) is 9.69. The number of anilines is 1. The van der Waals surface area contributed by atoms with Gasteiger partial charge in [-0.2, -0.15) is 0 Å². The van der Waals surface area contributed by atoms with Gasteiger partial charge >= 0.3 is 0 Å². The van der Waals surface area contributed by atoms with Crippen molar-refractivity contribution in [3.63, 3.8) is 0 Å². The summed E-state index contributed by atoms with van der Waals surface area (Å²) < 4.78 is 21.2. The number of ether oxygens (including phenoxy) is 3. The number of aromatic nitrogens is 4. The molecule has 1 spiro atoms. The van der Waals surface area contributed by atoms with E-state index >= 15 is 0 Å². The lowest BCUT2D eigenvalue weighted by atomic mass is 9.94. The summed E-state index contributed by atoms with van der Waals surface area (Å²) in [5.74, 6) is -0.166. The van der Waals surface area contributed by atoms with Crippen molar-refractivity contribution in [1.82, 2.24) is 24.8 Å². The first kappa shape index (κ1) is 23.3. The first-order chi connectivity index (χ1) is 17.7. The summed E-state index contributed by atoms with van der Waals surface area (Å²) in [6, 6.07) is 10.3. The lowest BCUT2D eigenvalue weighted by molar-refractivity contribution is -0.229. The van der Waals surface area contributed by atoms with E-state index < -0.39 is 30.3 Å². The summed E-state index contributed by atoms with van der Waals surface area (Å²) in [6.07, 6.45) is 6.76. The number of imidazole rings is 1. The number of benzene rings is 1. The number of hydrogen-bond donors (Lipinski definition) is 2. The van der Waals surface area contributed by atoms with Crippen LogP contribution < -0.4 is 10.6 Å². The van der Waals surface area contributed by atoms with Crippen molar-refractivity contribution in [1.29, 1.82) is 0 Å². The summed E-state index contributed by atoms with van der Waals surface area (Å²) in [7, 11) is 0. The first-order valence-corrected chi connectivity index (χ1v) is 12.9. The Bertz CT molecular complexity index is 1210. The van der Waals surface area contributed by atoms with Gasteiger partial charge in [0.25, 0.3) is 5.91 Å². The zero-order valence-corrected chi connectivity index (χ0v) is 20.4. The minimum absolute atomic E-state index is 0.186. The molecule has 1 amide bonds. The highest BCUT2D eigenvalue weighted by Crippen LogP contribution is 2.49. The molecule has 3 fully saturated rings. The second-order valence-corrected chi connectivity index (χ2v) is 9.69. The molecular weight excluding hydrogens is 460 g/mol. The van der Waals surface area contributed by atoms with Crippen LogP contribution in [0.2, 0.25) is 0 Å². The molecule has 2 aliphatic heterocycles. The third kappa shape index (κ3) is 4.23. The number of carbonyl (C=O) groups excluding carboxylic acids is 1. The third-order valence-corrected chi connectivity index (χ3v) is 7.30. The summed E-state index contributed by atoms with van der Waals surface area (Å²) in [5.41, 5.74) is 2.52. The van der Waals surface area contributed by atoms with Gasteiger partial charge in [0.2, 0.25) is 0 Å². The monoisotopic (exact) mass is 492 g/mol. The zero-order chi connectivity index (χ0) is 24.5. The van der Waals surface area contributed by atoms with Gasteiger partial charge in [0.1, 0.15) is 18.5 Å². The van der Waals surface area contributed by atoms with Gasteiger partial charge in [0, 0.05) is 25.9 Å². The van der Waals surface area contributed by atoms with Gasteiger partial charge in [0.05, 0.1) is 6.33 Å². The lowest BCUT2D eigenvalue weighted by Gasteiger charge is -2.34. The molecule has 3 aromatic rings. The highest BCUT2D eigenvalue weighted by Gasteiger charge is 2.60.